The van der Waals surface area contributed by atoms with E-state index in [0.717, 1.165) is 0 Å². The number of nitrogens with zero attached hydrogens (tertiary/aromatic N) is 1. The normalized spacial score (nSPS) is 11.9. The number of hydrogen-bond donors (Lipinski definition) is 3. The van der Waals surface area contributed by atoms with Crippen LogP contribution in [0.5, 0.6) is 0 Å². The molecule has 0 radical (unpaired) electrons. The first-order chi connectivity index (χ1) is 10.1. The highest BCUT2D eigenvalue weighted by molar-refractivity contribution is 5.91. The smallest absolute Gasteiger partial charge is 0.271 e. The highest BCUT2D eigenvalue weighted by atomic mass is 19.1. The van der Waals surface area contributed by atoms with Gasteiger partial charge in [0.25, 0.3) is 11.5 Å². The minimum atomic E-state index is -0.797. The predicted octanol–water partition coefficient (Wildman–Crippen LogP) is 0.762. The Labute approximate surface area is 119 Å². The summed E-state index contributed by atoms with van der Waals surface area (Å²) in [5, 5.41) is 18.2. The lowest BCUT2D eigenvalue weighted by atomic mass is 10.1. The lowest BCUT2D eigenvalue weighted by Gasteiger charge is -2.11. The molecule has 1 aromatic heterocycles. The molecule has 1 heterocycles. The van der Waals surface area contributed by atoms with E-state index >= 15 is 0 Å². The molecule has 7 heteroatoms. The van der Waals surface area contributed by atoms with Gasteiger partial charge in [0.1, 0.15) is 11.5 Å². The molecule has 0 aliphatic rings. The molecule has 0 aliphatic heterocycles. The second-order valence-electron chi connectivity index (χ2n) is 4.42. The standard InChI is InChI=1S/C14H14FN3O3/c15-10-3-1-9(2-4-10)12(19)7-8-16-14(21)11-5-6-13(20)18-17-11/h1-6,12,19H,7-8H2,(H,16,21)(H,18,20). The first-order valence-electron chi connectivity index (χ1n) is 6.34. The van der Waals surface area contributed by atoms with Crippen molar-refractivity contribution in [2.75, 3.05) is 6.54 Å². The molecule has 6 nitrogen and oxygen atoms in total. The summed E-state index contributed by atoms with van der Waals surface area (Å²) in [5.41, 5.74) is 0.275. The van der Waals surface area contributed by atoms with E-state index < -0.39 is 17.6 Å². The number of aliphatic hydroxyl groups is 1. The fourth-order valence-corrected chi connectivity index (χ4v) is 1.74. The Bertz CT molecular complexity index is 649. The molecule has 1 aromatic carbocycles. The van der Waals surface area contributed by atoms with Crippen LogP contribution in [-0.2, 0) is 0 Å². The number of aliphatic hydroxyl groups excluding tert-OH is 1. The third kappa shape index (κ3) is 4.22. The first-order valence-corrected chi connectivity index (χ1v) is 6.34. The summed E-state index contributed by atoms with van der Waals surface area (Å²) in [5.74, 6) is -0.819. The maximum atomic E-state index is 12.8. The van der Waals surface area contributed by atoms with Gasteiger partial charge >= 0.3 is 0 Å². The highest BCUT2D eigenvalue weighted by Gasteiger charge is 2.10. The third-order valence-corrected chi connectivity index (χ3v) is 2.87. The first kappa shape index (κ1) is 14.9. The van der Waals surface area contributed by atoms with Crippen LogP contribution in [0.4, 0.5) is 4.39 Å². The fourth-order valence-electron chi connectivity index (χ4n) is 1.74. The molecule has 3 N–H and O–H groups in total. The molecule has 0 saturated heterocycles. The Hall–Kier alpha value is -2.54. The number of carbonyl (C=O) groups is 1. The third-order valence-electron chi connectivity index (χ3n) is 2.87. The molecule has 1 atom stereocenters. The monoisotopic (exact) mass is 291 g/mol. The van der Waals surface area contributed by atoms with Crippen molar-refractivity contribution in [1.82, 2.24) is 15.5 Å². The maximum Gasteiger partial charge on any atom is 0.271 e. The van der Waals surface area contributed by atoms with Gasteiger partial charge in [-0.25, -0.2) is 9.49 Å². The van der Waals surface area contributed by atoms with Gasteiger partial charge in [0.2, 0.25) is 0 Å². The van der Waals surface area contributed by atoms with Gasteiger partial charge < -0.3 is 10.4 Å². The van der Waals surface area contributed by atoms with Crippen molar-refractivity contribution < 1.29 is 14.3 Å². The molecular formula is C14H14FN3O3. The van der Waals surface area contributed by atoms with Crippen molar-refractivity contribution in [2.45, 2.75) is 12.5 Å². The zero-order valence-electron chi connectivity index (χ0n) is 11.0. The minimum Gasteiger partial charge on any atom is -0.388 e. The van der Waals surface area contributed by atoms with Gasteiger partial charge in [-0.05, 0) is 30.2 Å². The lowest BCUT2D eigenvalue weighted by Crippen LogP contribution is -2.27. The SMILES string of the molecule is O=C(NCCC(O)c1ccc(F)cc1)c1ccc(=O)[nH]n1. The van der Waals surface area contributed by atoms with Crippen LogP contribution in [0.3, 0.4) is 0 Å². The van der Waals surface area contributed by atoms with E-state index in [1.54, 1.807) is 0 Å². The number of amides is 1. The fraction of sp³-hybridized carbons (Fsp3) is 0.214. The molecular weight excluding hydrogens is 277 g/mol. The molecule has 0 spiro atoms. The molecule has 0 fully saturated rings. The molecule has 0 aliphatic carbocycles. The number of aromatic amines is 1. The highest BCUT2D eigenvalue weighted by Crippen LogP contribution is 2.16. The second kappa shape index (κ2) is 6.76. The number of benzene rings is 1. The van der Waals surface area contributed by atoms with E-state index in [1.807, 2.05) is 0 Å². The van der Waals surface area contributed by atoms with Crippen LogP contribution in [0.2, 0.25) is 0 Å². The Morgan fingerprint density at radius 1 is 1.29 bits per heavy atom. The second-order valence-corrected chi connectivity index (χ2v) is 4.42. The van der Waals surface area contributed by atoms with Crippen LogP contribution in [0, 0.1) is 5.82 Å². The van der Waals surface area contributed by atoms with Crippen LogP contribution in [0.25, 0.3) is 0 Å². The summed E-state index contributed by atoms with van der Waals surface area (Å²) < 4.78 is 12.8. The van der Waals surface area contributed by atoms with Gasteiger partial charge in [0, 0.05) is 12.6 Å². The molecule has 21 heavy (non-hydrogen) atoms. The number of hydrogen-bond acceptors (Lipinski definition) is 4. The molecule has 1 unspecified atom stereocenters. The molecule has 2 aromatic rings. The summed E-state index contributed by atoms with van der Waals surface area (Å²) in [6, 6.07) is 8.03. The van der Waals surface area contributed by atoms with E-state index in [2.05, 4.69) is 15.5 Å². The van der Waals surface area contributed by atoms with Crippen LogP contribution in [-0.4, -0.2) is 27.8 Å². The summed E-state index contributed by atoms with van der Waals surface area (Å²) in [4.78, 5) is 22.5. The number of aromatic nitrogens is 2. The van der Waals surface area contributed by atoms with Gasteiger partial charge in [-0.15, -0.1) is 0 Å². The number of halogens is 1. The van der Waals surface area contributed by atoms with E-state index in [0.29, 0.717) is 5.56 Å². The topological polar surface area (TPSA) is 95.1 Å². The van der Waals surface area contributed by atoms with Crippen molar-refractivity contribution >= 4 is 5.91 Å². The van der Waals surface area contributed by atoms with Gasteiger partial charge in [-0.2, -0.15) is 5.10 Å². The Balaban J connectivity index is 1.83. The number of rotatable bonds is 5. The van der Waals surface area contributed by atoms with Crippen LogP contribution < -0.4 is 10.9 Å². The Morgan fingerprint density at radius 2 is 2.00 bits per heavy atom. The summed E-state index contributed by atoms with van der Waals surface area (Å²) in [6.07, 6.45) is -0.518. The zero-order valence-corrected chi connectivity index (χ0v) is 11.0. The zero-order chi connectivity index (χ0) is 15.2. The largest absolute Gasteiger partial charge is 0.388 e. The van der Waals surface area contributed by atoms with Crippen molar-refractivity contribution in [3.63, 3.8) is 0 Å². The van der Waals surface area contributed by atoms with Crippen molar-refractivity contribution in [3.8, 4) is 0 Å². The molecule has 1 amide bonds. The Kier molecular flexibility index (Phi) is 4.78. The van der Waals surface area contributed by atoms with Crippen LogP contribution in [0.15, 0.2) is 41.2 Å². The van der Waals surface area contributed by atoms with Gasteiger partial charge in [-0.1, -0.05) is 12.1 Å². The molecule has 2 rings (SSSR count). The quantitative estimate of drug-likeness (QED) is 0.758. The van der Waals surface area contributed by atoms with E-state index in [-0.39, 0.29) is 24.5 Å². The Morgan fingerprint density at radius 3 is 2.62 bits per heavy atom. The maximum absolute atomic E-state index is 12.8. The number of nitrogens with one attached hydrogen (secondary N) is 2. The van der Waals surface area contributed by atoms with Gasteiger partial charge in [-0.3, -0.25) is 9.59 Å². The average molecular weight is 291 g/mol. The van der Waals surface area contributed by atoms with Crippen molar-refractivity contribution in [3.05, 3.63) is 63.8 Å². The summed E-state index contributed by atoms with van der Waals surface area (Å²) in [6.45, 7) is 0.220. The predicted molar refractivity (Wildman–Crippen MR) is 73.2 cm³/mol. The number of H-pyrrole nitrogens is 1. The van der Waals surface area contributed by atoms with Gasteiger partial charge in [0.15, 0.2) is 0 Å². The molecule has 110 valence electrons. The van der Waals surface area contributed by atoms with Crippen LogP contribution >= 0.6 is 0 Å². The van der Waals surface area contributed by atoms with E-state index in [9.17, 15) is 19.1 Å². The van der Waals surface area contributed by atoms with Gasteiger partial charge in [0.05, 0.1) is 6.10 Å². The lowest BCUT2D eigenvalue weighted by molar-refractivity contribution is 0.0936. The van der Waals surface area contributed by atoms with E-state index in [1.165, 1.54) is 36.4 Å². The molecule has 0 saturated carbocycles. The average Bonchev–Trinajstić information content (AvgIpc) is 2.48. The summed E-state index contributed by atoms with van der Waals surface area (Å²) >= 11 is 0. The number of carbonyl (C=O) groups excluding carboxylic acids is 1. The minimum absolute atomic E-state index is 0.0888. The van der Waals surface area contributed by atoms with Crippen molar-refractivity contribution in [2.24, 2.45) is 0 Å². The van der Waals surface area contributed by atoms with Crippen molar-refractivity contribution in [1.29, 1.82) is 0 Å². The summed E-state index contributed by atoms with van der Waals surface area (Å²) in [7, 11) is 0. The van der Waals surface area contributed by atoms with E-state index in [4.69, 9.17) is 0 Å². The molecule has 0 bridgehead atoms. The van der Waals surface area contributed by atoms with Crippen LogP contribution in [0.1, 0.15) is 28.6 Å².